The van der Waals surface area contributed by atoms with Crippen molar-refractivity contribution >= 4 is 28.3 Å². The van der Waals surface area contributed by atoms with Crippen molar-refractivity contribution in [3.8, 4) is 5.88 Å². The third kappa shape index (κ3) is 4.40. The molecule has 6 nitrogen and oxygen atoms in total. The van der Waals surface area contributed by atoms with Crippen molar-refractivity contribution in [1.29, 1.82) is 0 Å². The maximum Gasteiger partial charge on any atom is 0.337 e. The van der Waals surface area contributed by atoms with Gasteiger partial charge < -0.3 is 19.7 Å². The molecule has 162 valence electrons. The second kappa shape index (κ2) is 9.08. The molecule has 1 heterocycles. The van der Waals surface area contributed by atoms with Crippen molar-refractivity contribution in [1.82, 2.24) is 9.88 Å². The highest BCUT2D eigenvalue weighted by Gasteiger charge is 2.20. The molecule has 0 aliphatic rings. The molecule has 0 saturated heterocycles. The Morgan fingerprint density at radius 1 is 1.00 bits per heavy atom. The van der Waals surface area contributed by atoms with E-state index in [0.717, 1.165) is 23.4 Å². The van der Waals surface area contributed by atoms with Gasteiger partial charge in [0, 0.05) is 23.0 Å². The minimum atomic E-state index is -0.437. The fourth-order valence-corrected chi connectivity index (χ4v) is 3.74. The van der Waals surface area contributed by atoms with Crippen LogP contribution in [0.4, 0.5) is 5.69 Å². The molecule has 0 aliphatic heterocycles. The molecule has 0 bridgehead atoms. The lowest BCUT2D eigenvalue weighted by atomic mass is 9.99. The number of aromatic hydroxyl groups is 1. The molecular formula is C26H25N3O3. The van der Waals surface area contributed by atoms with Crippen molar-refractivity contribution in [3.63, 3.8) is 0 Å². The number of carbonyl (C=O) groups is 1. The van der Waals surface area contributed by atoms with E-state index in [1.165, 1.54) is 7.11 Å². The van der Waals surface area contributed by atoms with Crippen molar-refractivity contribution in [2.24, 2.45) is 4.99 Å². The number of rotatable bonds is 6. The number of carbonyl (C=O) groups excluding carboxylic acids is 1. The lowest BCUT2D eigenvalue weighted by Gasteiger charge is -2.11. The number of fused-ring (bicyclic) bond motifs is 1. The summed E-state index contributed by atoms with van der Waals surface area (Å²) in [7, 11) is 5.39. The van der Waals surface area contributed by atoms with Crippen molar-refractivity contribution in [2.75, 3.05) is 21.2 Å². The number of hydrogen-bond donors (Lipinski definition) is 2. The van der Waals surface area contributed by atoms with Gasteiger partial charge in [-0.25, -0.2) is 9.79 Å². The maximum atomic E-state index is 12.1. The van der Waals surface area contributed by atoms with Crippen LogP contribution in [0.25, 0.3) is 10.9 Å². The van der Waals surface area contributed by atoms with E-state index in [0.29, 0.717) is 27.7 Å². The lowest BCUT2D eigenvalue weighted by Crippen LogP contribution is -2.10. The summed E-state index contributed by atoms with van der Waals surface area (Å²) in [5.41, 5.74) is 5.02. The highest BCUT2D eigenvalue weighted by atomic mass is 16.5. The largest absolute Gasteiger partial charge is 0.494 e. The number of nitrogens with zero attached hydrogens (tertiary/aromatic N) is 2. The van der Waals surface area contributed by atoms with Gasteiger partial charge >= 0.3 is 5.97 Å². The molecule has 0 radical (unpaired) electrons. The molecule has 3 aromatic carbocycles. The molecule has 0 saturated carbocycles. The van der Waals surface area contributed by atoms with Crippen LogP contribution in [0.5, 0.6) is 5.88 Å². The van der Waals surface area contributed by atoms with Gasteiger partial charge in [-0.05, 0) is 50.0 Å². The first kappa shape index (κ1) is 21.3. The summed E-state index contributed by atoms with van der Waals surface area (Å²) in [6.45, 7) is 0.796. The molecular weight excluding hydrogens is 402 g/mol. The van der Waals surface area contributed by atoms with E-state index in [1.54, 1.807) is 18.2 Å². The lowest BCUT2D eigenvalue weighted by molar-refractivity contribution is 0.0601. The minimum Gasteiger partial charge on any atom is -0.494 e. The Labute approximate surface area is 186 Å². The van der Waals surface area contributed by atoms with Crippen LogP contribution in [0.2, 0.25) is 0 Å². The number of aromatic nitrogens is 1. The molecule has 4 aromatic rings. The first-order chi connectivity index (χ1) is 15.5. The first-order valence-corrected chi connectivity index (χ1v) is 10.3. The van der Waals surface area contributed by atoms with Gasteiger partial charge in [-0.1, -0.05) is 42.5 Å². The van der Waals surface area contributed by atoms with Gasteiger partial charge in [-0.15, -0.1) is 0 Å². The summed E-state index contributed by atoms with van der Waals surface area (Å²) >= 11 is 0. The van der Waals surface area contributed by atoms with Gasteiger partial charge in [0.15, 0.2) is 5.88 Å². The standard InChI is InChI=1S/C26H25N3O3/c1-29(2)16-17-8-7-11-20(14-17)27-24(18-9-5-4-6-10-18)23-21-15-19(26(31)32-3)12-13-22(21)28-25(23)30/h4-15,28,30H,16H2,1-3H3. The number of benzene rings is 3. The van der Waals surface area contributed by atoms with Gasteiger partial charge in [-0.3, -0.25) is 0 Å². The maximum absolute atomic E-state index is 12.1. The summed E-state index contributed by atoms with van der Waals surface area (Å²) in [5.74, 6) is -0.442. The predicted octanol–water partition coefficient (Wildman–Crippen LogP) is 4.89. The summed E-state index contributed by atoms with van der Waals surface area (Å²) in [6, 6.07) is 22.8. The van der Waals surface area contributed by atoms with Crippen LogP contribution in [0.3, 0.4) is 0 Å². The number of esters is 1. The minimum absolute atomic E-state index is 0.00550. The molecule has 1 aromatic heterocycles. The van der Waals surface area contributed by atoms with E-state index in [1.807, 2.05) is 62.6 Å². The molecule has 4 rings (SSSR count). The molecule has 32 heavy (non-hydrogen) atoms. The topological polar surface area (TPSA) is 77.9 Å². The number of methoxy groups -OCH3 is 1. The molecule has 6 heteroatoms. The Hall–Kier alpha value is -3.90. The molecule has 0 fully saturated rings. The number of aliphatic imine (C=N–C) groups is 1. The molecule has 0 unspecified atom stereocenters. The van der Waals surface area contributed by atoms with Crippen molar-refractivity contribution in [2.45, 2.75) is 6.54 Å². The van der Waals surface area contributed by atoms with Crippen molar-refractivity contribution < 1.29 is 14.6 Å². The fourth-order valence-electron chi connectivity index (χ4n) is 3.74. The zero-order valence-corrected chi connectivity index (χ0v) is 18.3. The van der Waals surface area contributed by atoms with Gasteiger partial charge in [0.2, 0.25) is 0 Å². The predicted molar refractivity (Wildman–Crippen MR) is 127 cm³/mol. The highest BCUT2D eigenvalue weighted by Crippen LogP contribution is 2.32. The van der Waals surface area contributed by atoms with E-state index in [9.17, 15) is 9.90 Å². The molecule has 0 atom stereocenters. The summed E-state index contributed by atoms with van der Waals surface area (Å²) in [5, 5.41) is 11.5. The zero-order valence-electron chi connectivity index (χ0n) is 18.3. The van der Waals surface area contributed by atoms with Crippen LogP contribution < -0.4 is 0 Å². The number of hydrogen-bond acceptors (Lipinski definition) is 5. The average molecular weight is 428 g/mol. The zero-order chi connectivity index (χ0) is 22.7. The summed E-state index contributed by atoms with van der Waals surface area (Å²) in [4.78, 5) is 22.1. The number of nitrogens with one attached hydrogen (secondary N) is 1. The normalized spacial score (nSPS) is 11.8. The van der Waals surface area contributed by atoms with Crippen molar-refractivity contribution in [3.05, 3.63) is 95.1 Å². The van der Waals surface area contributed by atoms with E-state index in [-0.39, 0.29) is 5.88 Å². The van der Waals surface area contributed by atoms with E-state index < -0.39 is 5.97 Å². The molecule has 2 N–H and O–H groups in total. The van der Waals surface area contributed by atoms with Crippen LogP contribution in [-0.4, -0.2) is 47.9 Å². The molecule has 0 amide bonds. The van der Waals surface area contributed by atoms with Crippen LogP contribution in [0, 0.1) is 0 Å². The Balaban J connectivity index is 1.93. The quantitative estimate of drug-likeness (QED) is 0.339. The smallest absolute Gasteiger partial charge is 0.337 e. The van der Waals surface area contributed by atoms with Crippen LogP contribution in [0.1, 0.15) is 27.0 Å². The monoisotopic (exact) mass is 427 g/mol. The number of aromatic amines is 1. The van der Waals surface area contributed by atoms with E-state index >= 15 is 0 Å². The van der Waals surface area contributed by atoms with Crippen LogP contribution in [0.15, 0.2) is 77.8 Å². The molecule has 0 spiro atoms. The van der Waals surface area contributed by atoms with Gasteiger partial charge in [0.1, 0.15) is 0 Å². The molecule has 0 aliphatic carbocycles. The highest BCUT2D eigenvalue weighted by molar-refractivity contribution is 6.22. The van der Waals surface area contributed by atoms with Crippen LogP contribution >= 0.6 is 0 Å². The van der Waals surface area contributed by atoms with E-state index in [4.69, 9.17) is 9.73 Å². The van der Waals surface area contributed by atoms with Gasteiger partial charge in [-0.2, -0.15) is 0 Å². The summed E-state index contributed by atoms with van der Waals surface area (Å²) < 4.78 is 4.87. The van der Waals surface area contributed by atoms with Gasteiger partial charge in [0.05, 0.1) is 29.6 Å². The third-order valence-corrected chi connectivity index (χ3v) is 5.13. The first-order valence-electron chi connectivity index (χ1n) is 10.3. The average Bonchev–Trinajstić information content (AvgIpc) is 3.12. The Kier molecular flexibility index (Phi) is 6.05. The summed E-state index contributed by atoms with van der Waals surface area (Å²) in [6.07, 6.45) is 0. The van der Waals surface area contributed by atoms with Crippen LogP contribution in [-0.2, 0) is 11.3 Å². The SMILES string of the molecule is COC(=O)c1ccc2[nH]c(O)c(C(=Nc3cccc(CN(C)C)c3)c3ccccc3)c2c1. The third-order valence-electron chi connectivity index (χ3n) is 5.13. The Morgan fingerprint density at radius 2 is 1.78 bits per heavy atom. The number of ether oxygens (including phenoxy) is 1. The fraction of sp³-hybridized carbons (Fsp3) is 0.154. The second-order valence-electron chi connectivity index (χ2n) is 7.83. The van der Waals surface area contributed by atoms with Gasteiger partial charge in [0.25, 0.3) is 0 Å². The Morgan fingerprint density at radius 3 is 2.50 bits per heavy atom. The number of H-pyrrole nitrogens is 1. The second-order valence-corrected chi connectivity index (χ2v) is 7.83. The Bertz CT molecular complexity index is 1290. The van der Waals surface area contributed by atoms with E-state index in [2.05, 4.69) is 16.0 Å².